The molecule has 11 heavy (non-hydrogen) atoms. The molecule has 0 aromatic heterocycles. The molecular weight excluding hydrogens is 136 g/mol. The minimum absolute atomic E-state index is 0.560. The highest BCUT2D eigenvalue weighted by molar-refractivity contribution is 5.94. The van der Waals surface area contributed by atoms with Gasteiger partial charge in [-0.1, -0.05) is 0 Å². The minimum Gasteiger partial charge on any atom is -0.299 e. The maximum atomic E-state index is 11.5. The first-order valence-corrected chi connectivity index (χ1v) is 4.86. The van der Waals surface area contributed by atoms with E-state index in [9.17, 15) is 4.79 Å². The van der Waals surface area contributed by atoms with Crippen molar-refractivity contribution in [1.29, 1.82) is 0 Å². The Morgan fingerprint density at radius 2 is 2.00 bits per heavy atom. The van der Waals surface area contributed by atoms with E-state index in [1.54, 1.807) is 0 Å². The van der Waals surface area contributed by atoms with E-state index in [1.807, 2.05) is 0 Å². The quantitative estimate of drug-likeness (QED) is 0.510. The van der Waals surface area contributed by atoms with E-state index in [0.717, 1.165) is 11.8 Å². The van der Waals surface area contributed by atoms with E-state index < -0.39 is 0 Å². The number of carbonyl (C=O) groups excluding carboxylic acids is 1. The van der Waals surface area contributed by atoms with Gasteiger partial charge in [-0.2, -0.15) is 0 Å². The average molecular weight is 148 g/mol. The molecule has 58 valence electrons. The normalized spacial score (nSPS) is 68.9. The van der Waals surface area contributed by atoms with Crippen LogP contribution in [0.3, 0.4) is 0 Å². The Morgan fingerprint density at radius 1 is 1.18 bits per heavy atom. The molecule has 4 saturated carbocycles. The molecule has 0 aromatic carbocycles. The minimum atomic E-state index is 0.560. The Labute approximate surface area is 66.2 Å². The highest BCUT2D eigenvalue weighted by atomic mass is 16.1. The zero-order chi connectivity index (χ0) is 7.22. The summed E-state index contributed by atoms with van der Waals surface area (Å²) >= 11 is 0. The molecule has 0 N–H and O–H groups in total. The third-order valence-electron chi connectivity index (χ3n) is 5.09. The van der Waals surface area contributed by atoms with Gasteiger partial charge >= 0.3 is 0 Å². The predicted octanol–water partition coefficient (Wildman–Crippen LogP) is 1.62. The van der Waals surface area contributed by atoms with E-state index in [-0.39, 0.29) is 0 Å². The molecule has 0 aliphatic heterocycles. The topological polar surface area (TPSA) is 17.1 Å². The Kier molecular flexibility index (Phi) is 0.580. The molecule has 1 spiro atoms. The van der Waals surface area contributed by atoms with Crippen molar-refractivity contribution in [2.75, 3.05) is 0 Å². The molecule has 0 heterocycles. The highest BCUT2D eigenvalue weighted by Gasteiger charge is 2.77. The number of rotatable bonds is 0. The van der Waals surface area contributed by atoms with Crippen LogP contribution in [0.1, 0.15) is 25.7 Å². The monoisotopic (exact) mass is 148 g/mol. The SMILES string of the molecule is O=C1C2CC3CC4CC1C42C3. The Morgan fingerprint density at radius 3 is 2.73 bits per heavy atom. The number of hydrogen-bond donors (Lipinski definition) is 0. The summed E-state index contributed by atoms with van der Waals surface area (Å²) in [6.07, 6.45) is 5.44. The van der Waals surface area contributed by atoms with Crippen LogP contribution >= 0.6 is 0 Å². The molecule has 0 aromatic rings. The first-order valence-electron chi connectivity index (χ1n) is 4.86. The van der Waals surface area contributed by atoms with Gasteiger partial charge in [0.2, 0.25) is 0 Å². The fraction of sp³-hybridized carbons (Fsp3) is 0.900. The van der Waals surface area contributed by atoms with Gasteiger partial charge < -0.3 is 0 Å². The van der Waals surface area contributed by atoms with Crippen LogP contribution in [0.15, 0.2) is 0 Å². The second-order valence-corrected chi connectivity index (χ2v) is 5.09. The largest absolute Gasteiger partial charge is 0.299 e. The van der Waals surface area contributed by atoms with Crippen LogP contribution in [-0.4, -0.2) is 5.78 Å². The average Bonchev–Trinajstić information content (AvgIpc) is 2.45. The van der Waals surface area contributed by atoms with Crippen LogP contribution in [0.25, 0.3) is 0 Å². The maximum Gasteiger partial charge on any atom is 0.140 e. The van der Waals surface area contributed by atoms with Crippen molar-refractivity contribution in [3.05, 3.63) is 0 Å². The summed E-state index contributed by atoms with van der Waals surface area (Å²) in [4.78, 5) is 11.5. The van der Waals surface area contributed by atoms with E-state index in [2.05, 4.69) is 0 Å². The van der Waals surface area contributed by atoms with Crippen LogP contribution in [0.5, 0.6) is 0 Å². The van der Waals surface area contributed by atoms with Gasteiger partial charge in [0.05, 0.1) is 0 Å². The number of Topliss-reactive ketones (excluding diaryl/α,β-unsaturated/α-hetero) is 1. The van der Waals surface area contributed by atoms with Gasteiger partial charge in [0.25, 0.3) is 0 Å². The summed E-state index contributed by atoms with van der Waals surface area (Å²) in [7, 11) is 0. The molecule has 4 aliphatic carbocycles. The molecule has 0 radical (unpaired) electrons. The first-order chi connectivity index (χ1) is 5.32. The summed E-state index contributed by atoms with van der Waals surface area (Å²) < 4.78 is 0. The molecule has 4 fully saturated rings. The molecule has 4 rings (SSSR count). The Balaban J connectivity index is 1.91. The standard InChI is InChI=1S/C10H12O/c11-9-7-2-5-1-6-3-8(9)10(6,7)4-5/h5-8H,1-4H2. The van der Waals surface area contributed by atoms with Crippen molar-refractivity contribution in [3.8, 4) is 0 Å². The van der Waals surface area contributed by atoms with E-state index in [1.165, 1.54) is 25.7 Å². The summed E-state index contributed by atoms with van der Waals surface area (Å²) in [5.74, 6) is 3.72. The van der Waals surface area contributed by atoms with Gasteiger partial charge in [-0.3, -0.25) is 4.79 Å². The molecule has 4 aliphatic rings. The molecule has 5 atom stereocenters. The van der Waals surface area contributed by atoms with Crippen molar-refractivity contribution in [2.45, 2.75) is 25.7 Å². The zero-order valence-corrected chi connectivity index (χ0v) is 6.55. The van der Waals surface area contributed by atoms with E-state index in [4.69, 9.17) is 0 Å². The number of ketones is 1. The summed E-state index contributed by atoms with van der Waals surface area (Å²) in [6, 6.07) is 0. The smallest absolute Gasteiger partial charge is 0.140 e. The zero-order valence-electron chi connectivity index (χ0n) is 6.55. The summed E-state index contributed by atoms with van der Waals surface area (Å²) in [6.45, 7) is 0. The fourth-order valence-electron chi connectivity index (χ4n) is 4.77. The van der Waals surface area contributed by atoms with Crippen LogP contribution in [0.2, 0.25) is 0 Å². The third kappa shape index (κ3) is 0.312. The van der Waals surface area contributed by atoms with Gasteiger partial charge in [-0.25, -0.2) is 0 Å². The number of carbonyl (C=O) groups is 1. The van der Waals surface area contributed by atoms with Crippen LogP contribution in [-0.2, 0) is 4.79 Å². The van der Waals surface area contributed by atoms with Gasteiger partial charge in [-0.15, -0.1) is 0 Å². The summed E-state index contributed by atoms with van der Waals surface area (Å²) in [5.41, 5.74) is 0.627. The van der Waals surface area contributed by atoms with Crippen LogP contribution < -0.4 is 0 Å². The van der Waals surface area contributed by atoms with Gasteiger partial charge in [0.1, 0.15) is 5.78 Å². The van der Waals surface area contributed by atoms with E-state index in [0.29, 0.717) is 23.0 Å². The van der Waals surface area contributed by atoms with Gasteiger partial charge in [-0.05, 0) is 42.9 Å². The number of fused-ring (bicyclic) bond motifs is 1. The van der Waals surface area contributed by atoms with Crippen molar-refractivity contribution < 1.29 is 4.79 Å². The predicted molar refractivity (Wildman–Crippen MR) is 39.9 cm³/mol. The van der Waals surface area contributed by atoms with Gasteiger partial charge in [0.15, 0.2) is 0 Å². The molecule has 0 saturated heterocycles. The molecule has 0 amide bonds. The molecule has 5 unspecified atom stereocenters. The summed E-state index contributed by atoms with van der Waals surface area (Å²) in [5, 5.41) is 0. The Bertz CT molecular complexity index is 270. The lowest BCUT2D eigenvalue weighted by Crippen LogP contribution is -2.66. The lowest BCUT2D eigenvalue weighted by Gasteiger charge is -2.64. The van der Waals surface area contributed by atoms with E-state index >= 15 is 0 Å². The van der Waals surface area contributed by atoms with Crippen molar-refractivity contribution in [3.63, 3.8) is 0 Å². The van der Waals surface area contributed by atoms with Crippen molar-refractivity contribution >= 4 is 5.78 Å². The van der Waals surface area contributed by atoms with Crippen LogP contribution in [0.4, 0.5) is 0 Å². The maximum absolute atomic E-state index is 11.5. The van der Waals surface area contributed by atoms with Gasteiger partial charge in [0, 0.05) is 11.8 Å². The first kappa shape index (κ1) is 5.34. The lowest BCUT2D eigenvalue weighted by molar-refractivity contribution is -0.188. The third-order valence-corrected chi connectivity index (χ3v) is 5.09. The molecule has 1 heteroatoms. The lowest BCUT2D eigenvalue weighted by atomic mass is 9.38. The second-order valence-electron chi connectivity index (χ2n) is 5.09. The van der Waals surface area contributed by atoms with Crippen molar-refractivity contribution in [1.82, 2.24) is 0 Å². The molecule has 1 nitrogen and oxygen atoms in total. The Hall–Kier alpha value is -0.330. The fourth-order valence-corrected chi connectivity index (χ4v) is 4.77. The molecular formula is C10H12O. The van der Waals surface area contributed by atoms with Crippen molar-refractivity contribution in [2.24, 2.45) is 29.1 Å². The highest BCUT2D eigenvalue weighted by Crippen LogP contribution is 2.79. The number of hydrogen-bond acceptors (Lipinski definition) is 1. The van der Waals surface area contributed by atoms with Crippen LogP contribution in [0, 0.1) is 29.1 Å². The second kappa shape index (κ2) is 1.19. The molecule has 2 bridgehead atoms.